The van der Waals surface area contributed by atoms with Gasteiger partial charge in [-0.3, -0.25) is 9.69 Å². The monoisotopic (exact) mass is 281 g/mol. The van der Waals surface area contributed by atoms with Crippen molar-refractivity contribution in [3.63, 3.8) is 0 Å². The summed E-state index contributed by atoms with van der Waals surface area (Å²) in [4.78, 5) is 14.5. The van der Waals surface area contributed by atoms with E-state index < -0.39 is 0 Å². The van der Waals surface area contributed by atoms with Crippen LogP contribution in [0.2, 0.25) is 0 Å². The van der Waals surface area contributed by atoms with E-state index in [1.807, 2.05) is 31.2 Å². The third-order valence-electron chi connectivity index (χ3n) is 3.97. The van der Waals surface area contributed by atoms with Crippen molar-refractivity contribution in [1.82, 2.24) is 4.90 Å². The molecule has 0 radical (unpaired) electrons. The van der Waals surface area contributed by atoms with Crippen molar-refractivity contribution in [1.29, 1.82) is 0 Å². The fourth-order valence-electron chi connectivity index (χ4n) is 2.61. The SMILES string of the molecule is CC(C(=O)Nc1ccc(N)cc1)N1Cc2ccccc2C1. The van der Waals surface area contributed by atoms with Crippen LogP contribution in [0.3, 0.4) is 0 Å². The zero-order valence-electron chi connectivity index (χ0n) is 12.0. The van der Waals surface area contributed by atoms with Crippen LogP contribution in [0.4, 0.5) is 11.4 Å². The van der Waals surface area contributed by atoms with Crippen LogP contribution >= 0.6 is 0 Å². The predicted molar refractivity (Wildman–Crippen MR) is 84.6 cm³/mol. The lowest BCUT2D eigenvalue weighted by molar-refractivity contribution is -0.120. The quantitative estimate of drug-likeness (QED) is 0.850. The molecule has 108 valence electrons. The highest BCUT2D eigenvalue weighted by Gasteiger charge is 2.27. The molecular formula is C17H19N3O. The standard InChI is InChI=1S/C17H19N3O/c1-12(17(21)19-16-8-6-15(18)7-9-16)20-10-13-4-2-3-5-14(13)11-20/h2-9,12H,10-11,18H2,1H3,(H,19,21). The Hall–Kier alpha value is -2.33. The van der Waals surface area contributed by atoms with E-state index in [-0.39, 0.29) is 11.9 Å². The summed E-state index contributed by atoms with van der Waals surface area (Å²) in [5.74, 6) is 0.00702. The summed E-state index contributed by atoms with van der Waals surface area (Å²) >= 11 is 0. The third kappa shape index (κ3) is 2.90. The van der Waals surface area contributed by atoms with E-state index in [0.29, 0.717) is 5.69 Å². The molecule has 1 heterocycles. The number of rotatable bonds is 3. The number of benzene rings is 2. The maximum atomic E-state index is 12.4. The van der Waals surface area contributed by atoms with Crippen LogP contribution in [-0.4, -0.2) is 16.8 Å². The third-order valence-corrected chi connectivity index (χ3v) is 3.97. The van der Waals surface area contributed by atoms with E-state index in [1.54, 1.807) is 12.1 Å². The molecule has 0 fully saturated rings. The lowest BCUT2D eigenvalue weighted by atomic mass is 10.1. The van der Waals surface area contributed by atoms with Crippen molar-refractivity contribution < 1.29 is 4.79 Å². The molecule has 0 aliphatic carbocycles. The fourth-order valence-corrected chi connectivity index (χ4v) is 2.61. The molecule has 3 N–H and O–H groups in total. The second-order valence-electron chi connectivity index (χ2n) is 5.46. The summed E-state index contributed by atoms with van der Waals surface area (Å²) in [6.45, 7) is 3.59. The van der Waals surface area contributed by atoms with Crippen molar-refractivity contribution in [2.75, 3.05) is 11.1 Å². The molecular weight excluding hydrogens is 262 g/mol. The van der Waals surface area contributed by atoms with Crippen LogP contribution in [0.25, 0.3) is 0 Å². The van der Waals surface area contributed by atoms with Gasteiger partial charge in [-0.05, 0) is 42.3 Å². The average Bonchev–Trinajstić information content (AvgIpc) is 2.92. The molecule has 1 aliphatic rings. The number of nitrogen functional groups attached to an aromatic ring is 1. The number of nitrogens with one attached hydrogen (secondary N) is 1. The van der Waals surface area contributed by atoms with Gasteiger partial charge in [0.1, 0.15) is 0 Å². The van der Waals surface area contributed by atoms with Crippen molar-refractivity contribution in [2.24, 2.45) is 0 Å². The van der Waals surface area contributed by atoms with Gasteiger partial charge in [0.2, 0.25) is 5.91 Å². The molecule has 1 amide bonds. The molecule has 0 bridgehead atoms. The van der Waals surface area contributed by atoms with Gasteiger partial charge in [0.05, 0.1) is 6.04 Å². The summed E-state index contributed by atoms with van der Waals surface area (Å²) in [5, 5.41) is 2.94. The molecule has 1 atom stereocenters. The normalized spacial score (nSPS) is 15.5. The first-order valence-corrected chi connectivity index (χ1v) is 7.11. The number of carbonyl (C=O) groups is 1. The number of hydrogen-bond donors (Lipinski definition) is 2. The van der Waals surface area contributed by atoms with Gasteiger partial charge in [-0.25, -0.2) is 0 Å². The van der Waals surface area contributed by atoms with Gasteiger partial charge in [-0.2, -0.15) is 0 Å². The first-order valence-electron chi connectivity index (χ1n) is 7.11. The van der Waals surface area contributed by atoms with Gasteiger partial charge >= 0.3 is 0 Å². The Morgan fingerprint density at radius 1 is 1.10 bits per heavy atom. The number of carbonyl (C=O) groups excluding carboxylic acids is 1. The maximum Gasteiger partial charge on any atom is 0.241 e. The molecule has 1 unspecified atom stereocenters. The summed E-state index contributed by atoms with van der Waals surface area (Å²) in [6, 6.07) is 15.4. The highest BCUT2D eigenvalue weighted by Crippen LogP contribution is 2.24. The molecule has 3 rings (SSSR count). The lowest BCUT2D eigenvalue weighted by Crippen LogP contribution is -2.38. The van der Waals surface area contributed by atoms with E-state index in [0.717, 1.165) is 18.8 Å². The van der Waals surface area contributed by atoms with Crippen LogP contribution in [0.5, 0.6) is 0 Å². The van der Waals surface area contributed by atoms with Crippen molar-refractivity contribution in [2.45, 2.75) is 26.1 Å². The Morgan fingerprint density at radius 2 is 1.67 bits per heavy atom. The number of hydrogen-bond acceptors (Lipinski definition) is 3. The zero-order chi connectivity index (χ0) is 14.8. The van der Waals surface area contributed by atoms with E-state index >= 15 is 0 Å². The second kappa shape index (κ2) is 5.58. The minimum Gasteiger partial charge on any atom is -0.399 e. The van der Waals surface area contributed by atoms with Gasteiger partial charge in [-0.15, -0.1) is 0 Å². The van der Waals surface area contributed by atoms with E-state index in [9.17, 15) is 4.79 Å². The largest absolute Gasteiger partial charge is 0.399 e. The molecule has 1 aliphatic heterocycles. The first-order chi connectivity index (χ1) is 10.1. The van der Waals surface area contributed by atoms with Gasteiger partial charge < -0.3 is 11.1 Å². The molecule has 2 aromatic rings. The van der Waals surface area contributed by atoms with Crippen LogP contribution in [-0.2, 0) is 17.9 Å². The Kier molecular flexibility index (Phi) is 3.62. The van der Waals surface area contributed by atoms with Crippen LogP contribution in [0.1, 0.15) is 18.1 Å². The lowest BCUT2D eigenvalue weighted by Gasteiger charge is -2.22. The number of nitrogens with two attached hydrogens (primary N) is 1. The highest BCUT2D eigenvalue weighted by molar-refractivity contribution is 5.94. The average molecular weight is 281 g/mol. The van der Waals surface area contributed by atoms with E-state index in [1.165, 1.54) is 11.1 Å². The van der Waals surface area contributed by atoms with Gasteiger partial charge in [0, 0.05) is 24.5 Å². The zero-order valence-corrected chi connectivity index (χ0v) is 12.0. The van der Waals surface area contributed by atoms with Crippen LogP contribution in [0, 0.1) is 0 Å². The van der Waals surface area contributed by atoms with Gasteiger partial charge in [0.25, 0.3) is 0 Å². The van der Waals surface area contributed by atoms with Gasteiger partial charge in [-0.1, -0.05) is 24.3 Å². The van der Waals surface area contributed by atoms with Crippen LogP contribution in [0.15, 0.2) is 48.5 Å². The molecule has 0 aromatic heterocycles. The molecule has 0 saturated heterocycles. The molecule has 0 saturated carbocycles. The Morgan fingerprint density at radius 3 is 2.24 bits per heavy atom. The highest BCUT2D eigenvalue weighted by atomic mass is 16.2. The summed E-state index contributed by atoms with van der Waals surface area (Å²) in [6.07, 6.45) is 0. The smallest absolute Gasteiger partial charge is 0.241 e. The predicted octanol–water partition coefficient (Wildman–Crippen LogP) is 2.61. The number of fused-ring (bicyclic) bond motifs is 1. The van der Waals surface area contributed by atoms with E-state index in [2.05, 4.69) is 22.3 Å². The second-order valence-corrected chi connectivity index (χ2v) is 5.46. The Labute approximate surface area is 124 Å². The van der Waals surface area contributed by atoms with Crippen molar-refractivity contribution in [3.8, 4) is 0 Å². The van der Waals surface area contributed by atoms with Crippen LogP contribution < -0.4 is 11.1 Å². The molecule has 4 nitrogen and oxygen atoms in total. The maximum absolute atomic E-state index is 12.4. The molecule has 2 aromatic carbocycles. The minimum atomic E-state index is -0.171. The van der Waals surface area contributed by atoms with E-state index in [4.69, 9.17) is 5.73 Å². The first kappa shape index (κ1) is 13.6. The van der Waals surface area contributed by atoms with Gasteiger partial charge in [0.15, 0.2) is 0 Å². The van der Waals surface area contributed by atoms with Crippen molar-refractivity contribution in [3.05, 3.63) is 59.7 Å². The number of anilines is 2. The molecule has 0 spiro atoms. The molecule has 21 heavy (non-hydrogen) atoms. The fraction of sp³-hybridized carbons (Fsp3) is 0.235. The summed E-state index contributed by atoms with van der Waals surface area (Å²) in [7, 11) is 0. The molecule has 4 heteroatoms. The number of nitrogens with zero attached hydrogens (tertiary/aromatic N) is 1. The minimum absolute atomic E-state index is 0.00702. The summed E-state index contributed by atoms with van der Waals surface area (Å²) < 4.78 is 0. The van der Waals surface area contributed by atoms with Crippen molar-refractivity contribution >= 4 is 17.3 Å². The summed E-state index contributed by atoms with van der Waals surface area (Å²) in [5.41, 5.74) is 9.73. The number of amides is 1. The topological polar surface area (TPSA) is 58.4 Å². The Balaban J connectivity index is 1.65. The Bertz CT molecular complexity index is 626.